The van der Waals surface area contributed by atoms with E-state index in [-0.39, 0.29) is 12.5 Å². The summed E-state index contributed by atoms with van der Waals surface area (Å²) in [6.45, 7) is 4.34. The lowest BCUT2D eigenvalue weighted by molar-refractivity contribution is 0.0950. The molecule has 0 aliphatic carbocycles. The zero-order chi connectivity index (χ0) is 25.1. The summed E-state index contributed by atoms with van der Waals surface area (Å²) >= 11 is 7.96. The number of nitrogens with zero attached hydrogens (tertiary/aromatic N) is 3. The maximum Gasteiger partial charge on any atom is 0.251 e. The zero-order valence-corrected chi connectivity index (χ0v) is 21.6. The summed E-state index contributed by atoms with van der Waals surface area (Å²) in [5, 5.41) is 15.4. The van der Waals surface area contributed by atoms with Gasteiger partial charge < -0.3 is 5.32 Å². The number of thioether (sulfide) groups is 1. The first-order chi connectivity index (χ1) is 17.5. The molecule has 0 unspecified atom stereocenters. The first-order valence-corrected chi connectivity index (χ1v) is 13.0. The lowest BCUT2D eigenvalue weighted by Crippen LogP contribution is -2.24. The van der Waals surface area contributed by atoms with Crippen LogP contribution < -0.4 is 5.32 Å². The molecule has 0 aliphatic heterocycles. The molecule has 5 rings (SSSR count). The van der Waals surface area contributed by atoms with Gasteiger partial charge in [0.1, 0.15) is 0 Å². The predicted molar refractivity (Wildman–Crippen MR) is 147 cm³/mol. The first kappa shape index (κ1) is 24.1. The highest BCUT2D eigenvalue weighted by Gasteiger charge is 2.18. The first-order valence-electron chi connectivity index (χ1n) is 11.6. The summed E-state index contributed by atoms with van der Waals surface area (Å²) in [5.41, 5.74) is 4.97. The molecule has 1 amide bonds. The standard InChI is InChI=1S/C29H25ClN4OS/c1-19-6-5-7-21(14-19)18-36-29-33-32-27(34(29)26-16-25(30)13-10-20(26)2)17-31-28(35)24-12-11-22-8-3-4-9-23(22)15-24/h3-16H,17-18H2,1-2H3,(H,31,35). The Hall–Kier alpha value is -3.61. The Morgan fingerprint density at radius 2 is 1.75 bits per heavy atom. The quantitative estimate of drug-likeness (QED) is 0.241. The average molecular weight is 513 g/mol. The second-order valence-corrected chi connectivity index (χ2v) is 10.1. The summed E-state index contributed by atoms with van der Waals surface area (Å²) in [7, 11) is 0. The van der Waals surface area contributed by atoms with Crippen LogP contribution in [0.4, 0.5) is 0 Å². The lowest BCUT2D eigenvalue weighted by Gasteiger charge is -2.14. The van der Waals surface area contributed by atoms with Gasteiger partial charge in [-0.15, -0.1) is 10.2 Å². The van der Waals surface area contributed by atoms with Crippen LogP contribution in [0.3, 0.4) is 0 Å². The van der Waals surface area contributed by atoms with E-state index in [1.807, 2.05) is 72.2 Å². The number of carbonyl (C=O) groups is 1. The molecule has 0 saturated carbocycles. The Labute approximate surface area is 219 Å². The van der Waals surface area contributed by atoms with Gasteiger partial charge in [0, 0.05) is 16.3 Å². The van der Waals surface area contributed by atoms with Crippen LogP contribution in [-0.4, -0.2) is 20.7 Å². The Morgan fingerprint density at radius 3 is 2.58 bits per heavy atom. The molecule has 4 aromatic carbocycles. The van der Waals surface area contributed by atoms with E-state index in [9.17, 15) is 4.79 Å². The van der Waals surface area contributed by atoms with Gasteiger partial charge in [0.15, 0.2) is 11.0 Å². The van der Waals surface area contributed by atoms with Gasteiger partial charge in [-0.1, -0.05) is 89.6 Å². The maximum atomic E-state index is 13.0. The van der Waals surface area contributed by atoms with Crippen molar-refractivity contribution in [3.8, 4) is 5.69 Å². The van der Waals surface area contributed by atoms with E-state index >= 15 is 0 Å². The third kappa shape index (κ3) is 5.30. The van der Waals surface area contributed by atoms with Crippen molar-refractivity contribution in [2.75, 3.05) is 0 Å². The Bertz CT molecular complexity index is 1560. The fourth-order valence-electron chi connectivity index (χ4n) is 4.12. The number of nitrogens with one attached hydrogen (secondary N) is 1. The normalized spacial score (nSPS) is 11.1. The number of halogens is 1. The van der Waals surface area contributed by atoms with Crippen molar-refractivity contribution in [2.45, 2.75) is 31.3 Å². The molecule has 7 heteroatoms. The van der Waals surface area contributed by atoms with Crippen molar-refractivity contribution in [1.82, 2.24) is 20.1 Å². The molecule has 1 heterocycles. The van der Waals surface area contributed by atoms with Gasteiger partial charge in [0.05, 0.1) is 12.2 Å². The summed E-state index contributed by atoms with van der Waals surface area (Å²) in [4.78, 5) is 13.0. The van der Waals surface area contributed by atoms with Crippen molar-refractivity contribution in [3.63, 3.8) is 0 Å². The zero-order valence-electron chi connectivity index (χ0n) is 20.0. The molecule has 0 spiro atoms. The van der Waals surface area contributed by atoms with Crippen LogP contribution in [0.5, 0.6) is 0 Å². The van der Waals surface area contributed by atoms with Crippen molar-refractivity contribution in [3.05, 3.63) is 118 Å². The lowest BCUT2D eigenvalue weighted by atomic mass is 10.1. The van der Waals surface area contributed by atoms with Crippen molar-refractivity contribution < 1.29 is 4.79 Å². The molecular formula is C29H25ClN4OS. The Balaban J connectivity index is 1.42. The van der Waals surface area contributed by atoms with Crippen LogP contribution in [0, 0.1) is 13.8 Å². The third-order valence-electron chi connectivity index (χ3n) is 5.98. The molecule has 0 bridgehead atoms. The highest BCUT2D eigenvalue weighted by molar-refractivity contribution is 7.98. The molecule has 1 N–H and O–H groups in total. The van der Waals surface area contributed by atoms with Crippen LogP contribution in [0.2, 0.25) is 5.02 Å². The number of hydrogen-bond acceptors (Lipinski definition) is 4. The summed E-state index contributed by atoms with van der Waals surface area (Å²) in [6, 6.07) is 27.9. The molecule has 0 atom stereocenters. The highest BCUT2D eigenvalue weighted by atomic mass is 35.5. The Kier molecular flexibility index (Phi) is 7.07. The van der Waals surface area contributed by atoms with Gasteiger partial charge in [0.25, 0.3) is 5.91 Å². The Morgan fingerprint density at radius 1 is 0.917 bits per heavy atom. The number of hydrogen-bond donors (Lipinski definition) is 1. The number of fused-ring (bicyclic) bond motifs is 1. The molecule has 5 aromatic rings. The smallest absolute Gasteiger partial charge is 0.251 e. The number of benzene rings is 4. The SMILES string of the molecule is Cc1cccc(CSc2nnc(CNC(=O)c3ccc4ccccc4c3)n2-c2cc(Cl)ccc2C)c1. The largest absolute Gasteiger partial charge is 0.345 e. The molecule has 0 aliphatic rings. The van der Waals surface area contributed by atoms with E-state index < -0.39 is 0 Å². The van der Waals surface area contributed by atoms with Crippen molar-refractivity contribution in [1.29, 1.82) is 0 Å². The van der Waals surface area contributed by atoms with E-state index in [4.69, 9.17) is 11.6 Å². The van der Waals surface area contributed by atoms with Gasteiger partial charge in [-0.3, -0.25) is 9.36 Å². The maximum absolute atomic E-state index is 13.0. The molecule has 180 valence electrons. The van der Waals surface area contributed by atoms with Crippen molar-refractivity contribution in [2.24, 2.45) is 0 Å². The monoisotopic (exact) mass is 512 g/mol. The minimum absolute atomic E-state index is 0.160. The van der Waals surface area contributed by atoms with E-state index in [2.05, 4.69) is 46.7 Å². The van der Waals surface area contributed by atoms with Crippen molar-refractivity contribution >= 4 is 40.0 Å². The molecule has 5 nitrogen and oxygen atoms in total. The molecule has 0 saturated heterocycles. The fraction of sp³-hybridized carbons (Fsp3) is 0.138. The second-order valence-electron chi connectivity index (χ2n) is 8.69. The highest BCUT2D eigenvalue weighted by Crippen LogP contribution is 2.29. The van der Waals surface area contributed by atoms with Gasteiger partial charge in [-0.25, -0.2) is 0 Å². The van der Waals surface area contributed by atoms with Gasteiger partial charge in [-0.05, 0) is 60.0 Å². The third-order valence-corrected chi connectivity index (χ3v) is 7.22. The average Bonchev–Trinajstić information content (AvgIpc) is 3.29. The van der Waals surface area contributed by atoms with Gasteiger partial charge in [-0.2, -0.15) is 0 Å². The minimum Gasteiger partial charge on any atom is -0.345 e. The van der Waals surface area contributed by atoms with Crippen LogP contribution in [0.1, 0.15) is 32.9 Å². The van der Waals surface area contributed by atoms with Gasteiger partial charge >= 0.3 is 0 Å². The number of rotatable bonds is 7. The van der Waals surface area contributed by atoms with Crippen LogP contribution in [-0.2, 0) is 12.3 Å². The summed E-state index contributed by atoms with van der Waals surface area (Å²) in [6.07, 6.45) is 0. The second kappa shape index (κ2) is 10.6. The predicted octanol–water partition coefficient (Wildman–Crippen LogP) is 6.91. The van der Waals surface area contributed by atoms with Crippen LogP contribution >= 0.6 is 23.4 Å². The number of carbonyl (C=O) groups excluding carboxylic acids is 1. The topological polar surface area (TPSA) is 59.8 Å². The van der Waals surface area contributed by atoms with Gasteiger partial charge in [0.2, 0.25) is 0 Å². The van der Waals surface area contributed by atoms with E-state index in [0.717, 1.165) is 32.9 Å². The van der Waals surface area contributed by atoms with E-state index in [1.54, 1.807) is 11.8 Å². The number of aryl methyl sites for hydroxylation is 2. The van der Waals surface area contributed by atoms with Crippen LogP contribution in [0.15, 0.2) is 90.1 Å². The molecular weight excluding hydrogens is 488 g/mol. The molecule has 0 radical (unpaired) electrons. The number of aromatic nitrogens is 3. The molecule has 36 heavy (non-hydrogen) atoms. The minimum atomic E-state index is -0.160. The van der Waals surface area contributed by atoms with E-state index in [0.29, 0.717) is 16.4 Å². The molecule has 1 aromatic heterocycles. The summed E-state index contributed by atoms with van der Waals surface area (Å²) < 4.78 is 1.99. The molecule has 0 fully saturated rings. The van der Waals surface area contributed by atoms with E-state index in [1.165, 1.54) is 11.1 Å². The summed E-state index contributed by atoms with van der Waals surface area (Å²) in [5.74, 6) is 1.23. The number of amides is 1. The fourth-order valence-corrected chi connectivity index (χ4v) is 5.19. The van der Waals surface area contributed by atoms with Crippen LogP contribution in [0.25, 0.3) is 16.5 Å².